The van der Waals surface area contributed by atoms with Crippen molar-refractivity contribution in [1.29, 1.82) is 0 Å². The maximum atomic E-state index is 11.1. The van der Waals surface area contributed by atoms with E-state index in [1.54, 1.807) is 0 Å². The van der Waals surface area contributed by atoms with Gasteiger partial charge in [0.25, 0.3) is 0 Å². The van der Waals surface area contributed by atoms with E-state index in [1.807, 2.05) is 6.92 Å². The Morgan fingerprint density at radius 2 is 2.18 bits per heavy atom. The van der Waals surface area contributed by atoms with Gasteiger partial charge in [0.15, 0.2) is 0 Å². The summed E-state index contributed by atoms with van der Waals surface area (Å²) in [5.41, 5.74) is 0. The van der Waals surface area contributed by atoms with Gasteiger partial charge in [0.05, 0.1) is 6.61 Å². The summed E-state index contributed by atoms with van der Waals surface area (Å²) in [5, 5.41) is 12.0. The summed E-state index contributed by atoms with van der Waals surface area (Å²) in [4.78, 5) is 11.1. The van der Waals surface area contributed by atoms with Crippen LogP contribution in [0.1, 0.15) is 26.2 Å². The molecule has 64 valence electrons. The van der Waals surface area contributed by atoms with Crippen molar-refractivity contribution < 1.29 is 9.90 Å². The van der Waals surface area contributed by atoms with Crippen molar-refractivity contribution in [3.8, 4) is 0 Å². The van der Waals surface area contributed by atoms with E-state index in [4.69, 9.17) is 5.11 Å². The molecule has 0 aromatic heterocycles. The first-order valence-electron chi connectivity index (χ1n) is 4.14. The number of nitrogens with one attached hydrogen (secondary N) is 1. The Balaban J connectivity index is 2.43. The molecule has 11 heavy (non-hydrogen) atoms. The average Bonchev–Trinajstić information content (AvgIpc) is 2.03. The van der Waals surface area contributed by atoms with Crippen LogP contribution in [0.25, 0.3) is 0 Å². The first kappa shape index (κ1) is 8.68. The highest BCUT2D eigenvalue weighted by Gasteiger charge is 2.24. The third-order valence-electron chi connectivity index (χ3n) is 2.13. The van der Waals surface area contributed by atoms with Crippen LogP contribution in [-0.4, -0.2) is 29.6 Å². The molecule has 0 aromatic carbocycles. The zero-order valence-corrected chi connectivity index (χ0v) is 6.84. The second-order valence-electron chi connectivity index (χ2n) is 3.10. The van der Waals surface area contributed by atoms with E-state index < -0.39 is 0 Å². The normalized spacial score (nSPS) is 32.4. The van der Waals surface area contributed by atoms with E-state index >= 15 is 0 Å². The minimum Gasteiger partial charge on any atom is -0.395 e. The standard InChI is InChI=1S/C8H15NO2/c1-2-6-3-8(11)4-7(5-10)9-6/h6-7,9-10H,2-5H2,1H3. The smallest absolute Gasteiger partial charge is 0.136 e. The van der Waals surface area contributed by atoms with E-state index in [9.17, 15) is 4.79 Å². The van der Waals surface area contributed by atoms with Gasteiger partial charge in [-0.25, -0.2) is 0 Å². The summed E-state index contributed by atoms with van der Waals surface area (Å²) in [6.45, 7) is 2.12. The number of carbonyl (C=O) groups is 1. The predicted octanol–water partition coefficient (Wildman–Crippen LogP) is 0.0784. The molecule has 3 nitrogen and oxygen atoms in total. The van der Waals surface area contributed by atoms with Gasteiger partial charge in [-0.2, -0.15) is 0 Å². The Morgan fingerprint density at radius 3 is 2.73 bits per heavy atom. The van der Waals surface area contributed by atoms with Gasteiger partial charge in [0.2, 0.25) is 0 Å². The fourth-order valence-electron chi connectivity index (χ4n) is 1.46. The molecule has 0 bridgehead atoms. The highest BCUT2D eigenvalue weighted by Crippen LogP contribution is 2.10. The summed E-state index contributed by atoms with van der Waals surface area (Å²) in [5.74, 6) is 0.273. The van der Waals surface area contributed by atoms with Crippen molar-refractivity contribution in [2.45, 2.75) is 38.3 Å². The molecule has 2 atom stereocenters. The molecule has 1 heterocycles. The molecule has 0 spiro atoms. The van der Waals surface area contributed by atoms with Crippen molar-refractivity contribution in [3.63, 3.8) is 0 Å². The van der Waals surface area contributed by atoms with Gasteiger partial charge >= 0.3 is 0 Å². The molecule has 2 N–H and O–H groups in total. The molecule has 0 amide bonds. The summed E-state index contributed by atoms with van der Waals surface area (Å²) in [6, 6.07) is 0.287. The van der Waals surface area contributed by atoms with Crippen LogP contribution in [0, 0.1) is 0 Å². The molecule has 2 unspecified atom stereocenters. The highest BCUT2D eigenvalue weighted by molar-refractivity contribution is 5.80. The van der Waals surface area contributed by atoms with Gasteiger partial charge < -0.3 is 10.4 Å². The molecule has 1 rings (SSSR count). The predicted molar refractivity (Wildman–Crippen MR) is 42.3 cm³/mol. The fourth-order valence-corrected chi connectivity index (χ4v) is 1.46. The van der Waals surface area contributed by atoms with Crippen LogP contribution < -0.4 is 5.32 Å². The van der Waals surface area contributed by atoms with E-state index in [0.29, 0.717) is 12.8 Å². The molecule has 0 radical (unpaired) electrons. The Morgan fingerprint density at radius 1 is 1.55 bits per heavy atom. The van der Waals surface area contributed by atoms with Crippen LogP contribution >= 0.6 is 0 Å². The summed E-state index contributed by atoms with van der Waals surface area (Å²) >= 11 is 0. The van der Waals surface area contributed by atoms with Crippen molar-refractivity contribution in [2.24, 2.45) is 0 Å². The number of ketones is 1. The Bertz CT molecular complexity index is 133. The Labute approximate surface area is 66.8 Å². The number of carbonyl (C=O) groups excluding carboxylic acids is 1. The Hall–Kier alpha value is -0.410. The first-order chi connectivity index (χ1) is 5.26. The molecule has 0 aliphatic carbocycles. The molecule has 1 aliphatic rings. The number of aliphatic hydroxyl groups excluding tert-OH is 1. The summed E-state index contributed by atoms with van der Waals surface area (Å²) in [7, 11) is 0. The fraction of sp³-hybridized carbons (Fsp3) is 0.875. The minimum absolute atomic E-state index is 0.00111. The quantitative estimate of drug-likeness (QED) is 0.596. The third-order valence-corrected chi connectivity index (χ3v) is 2.13. The molecule has 1 fully saturated rings. The number of piperidine rings is 1. The monoisotopic (exact) mass is 157 g/mol. The van der Waals surface area contributed by atoms with Gasteiger partial charge in [-0.05, 0) is 6.42 Å². The van der Waals surface area contributed by atoms with Crippen molar-refractivity contribution in [1.82, 2.24) is 5.32 Å². The van der Waals surface area contributed by atoms with Crippen LogP contribution in [0.4, 0.5) is 0 Å². The van der Waals surface area contributed by atoms with Crippen LogP contribution in [0.2, 0.25) is 0 Å². The molecule has 3 heteroatoms. The SMILES string of the molecule is CCC1CC(=O)CC(CO)N1. The first-order valence-corrected chi connectivity index (χ1v) is 4.14. The number of Topliss-reactive ketones (excluding diaryl/α,β-unsaturated/α-hetero) is 1. The van der Waals surface area contributed by atoms with E-state index in [0.717, 1.165) is 6.42 Å². The van der Waals surface area contributed by atoms with Crippen LogP contribution in [0.15, 0.2) is 0 Å². The maximum Gasteiger partial charge on any atom is 0.136 e. The number of hydrogen-bond acceptors (Lipinski definition) is 3. The van der Waals surface area contributed by atoms with Gasteiger partial charge in [-0.15, -0.1) is 0 Å². The van der Waals surface area contributed by atoms with Gasteiger partial charge in [-0.3, -0.25) is 4.79 Å². The topological polar surface area (TPSA) is 49.3 Å². The van der Waals surface area contributed by atoms with E-state index in [-0.39, 0.29) is 24.5 Å². The number of aliphatic hydroxyl groups is 1. The van der Waals surface area contributed by atoms with E-state index in [1.165, 1.54) is 0 Å². The van der Waals surface area contributed by atoms with Crippen LogP contribution in [0.3, 0.4) is 0 Å². The van der Waals surface area contributed by atoms with Crippen molar-refractivity contribution in [3.05, 3.63) is 0 Å². The van der Waals surface area contributed by atoms with Crippen molar-refractivity contribution in [2.75, 3.05) is 6.61 Å². The van der Waals surface area contributed by atoms with E-state index in [2.05, 4.69) is 5.32 Å². The van der Waals surface area contributed by atoms with Gasteiger partial charge in [0.1, 0.15) is 5.78 Å². The zero-order chi connectivity index (χ0) is 8.27. The second kappa shape index (κ2) is 3.83. The lowest BCUT2D eigenvalue weighted by Gasteiger charge is -2.28. The zero-order valence-electron chi connectivity index (χ0n) is 6.84. The van der Waals surface area contributed by atoms with Crippen molar-refractivity contribution >= 4 is 5.78 Å². The van der Waals surface area contributed by atoms with Gasteiger partial charge in [0, 0.05) is 24.9 Å². The second-order valence-corrected chi connectivity index (χ2v) is 3.10. The molecule has 1 saturated heterocycles. The molecule has 0 aromatic rings. The summed E-state index contributed by atoms with van der Waals surface area (Å²) in [6.07, 6.45) is 2.09. The van der Waals surface area contributed by atoms with Crippen LogP contribution in [0.5, 0.6) is 0 Å². The highest BCUT2D eigenvalue weighted by atomic mass is 16.3. The third kappa shape index (κ3) is 2.27. The molecular weight excluding hydrogens is 142 g/mol. The largest absolute Gasteiger partial charge is 0.395 e. The summed E-state index contributed by atoms with van der Waals surface area (Å²) < 4.78 is 0. The Kier molecular flexibility index (Phi) is 3.02. The number of rotatable bonds is 2. The molecule has 0 saturated carbocycles. The minimum atomic E-state index is 0.00111. The molecular formula is C8H15NO2. The maximum absolute atomic E-state index is 11.1. The lowest BCUT2D eigenvalue weighted by atomic mass is 9.96. The lowest BCUT2D eigenvalue weighted by Crippen LogP contribution is -2.47. The lowest BCUT2D eigenvalue weighted by molar-refractivity contribution is -0.122. The molecule has 1 aliphatic heterocycles. The van der Waals surface area contributed by atoms with Crippen LogP contribution in [-0.2, 0) is 4.79 Å². The van der Waals surface area contributed by atoms with Gasteiger partial charge in [-0.1, -0.05) is 6.92 Å². The number of hydrogen-bond donors (Lipinski definition) is 2. The average molecular weight is 157 g/mol.